The smallest absolute Gasteiger partial charge is 0.246 e. The third-order valence-electron chi connectivity index (χ3n) is 4.17. The van der Waals surface area contributed by atoms with Gasteiger partial charge in [-0.2, -0.15) is 5.11 Å². The zero-order valence-corrected chi connectivity index (χ0v) is 15.4. The molecule has 1 heterocycles. The van der Waals surface area contributed by atoms with Crippen LogP contribution in [-0.4, -0.2) is 23.3 Å². The van der Waals surface area contributed by atoms with Crippen LogP contribution in [0.25, 0.3) is 0 Å². The molecule has 1 aliphatic rings. The maximum absolute atomic E-state index is 12.0. The number of benzodiazepines with no additional fused rings is 1. The fourth-order valence-corrected chi connectivity index (χ4v) is 3.02. The van der Waals surface area contributed by atoms with Crippen LogP contribution in [0.5, 0.6) is 5.75 Å². The average Bonchev–Trinajstić information content (AvgIpc) is 2.87. The minimum atomic E-state index is -0.176. The molecule has 6 nitrogen and oxygen atoms in total. The first-order valence-corrected chi connectivity index (χ1v) is 8.92. The van der Waals surface area contributed by atoms with Gasteiger partial charge in [0.25, 0.3) is 0 Å². The van der Waals surface area contributed by atoms with Crippen LogP contribution >= 0.6 is 11.6 Å². The summed E-state index contributed by atoms with van der Waals surface area (Å²) in [6, 6.07) is 19.5. The van der Waals surface area contributed by atoms with E-state index in [-0.39, 0.29) is 23.9 Å². The first-order chi connectivity index (χ1) is 13.6. The van der Waals surface area contributed by atoms with Crippen molar-refractivity contribution in [3.05, 3.63) is 82.9 Å². The Morgan fingerprint density at radius 2 is 1.82 bits per heavy atom. The maximum atomic E-state index is 12.0. The van der Waals surface area contributed by atoms with E-state index in [4.69, 9.17) is 11.6 Å². The highest BCUT2D eigenvalue weighted by molar-refractivity contribution is 6.30. The third-order valence-corrected chi connectivity index (χ3v) is 4.41. The Bertz CT molecular complexity index is 1110. The fourth-order valence-electron chi connectivity index (χ4n) is 2.86. The second-order valence-electron chi connectivity index (χ2n) is 6.14. The number of halogens is 1. The van der Waals surface area contributed by atoms with E-state index in [0.717, 1.165) is 11.1 Å². The van der Waals surface area contributed by atoms with Crippen LogP contribution in [0.2, 0.25) is 5.02 Å². The Kier molecular flexibility index (Phi) is 4.87. The van der Waals surface area contributed by atoms with Crippen LogP contribution in [0, 0.1) is 0 Å². The van der Waals surface area contributed by atoms with Gasteiger partial charge in [0.05, 0.1) is 17.1 Å². The van der Waals surface area contributed by atoms with Gasteiger partial charge in [0, 0.05) is 16.1 Å². The molecule has 0 radical (unpaired) electrons. The molecule has 0 aromatic heterocycles. The lowest BCUT2D eigenvalue weighted by atomic mass is 10.00. The number of carbonyl (C=O) groups is 1. The van der Waals surface area contributed by atoms with Gasteiger partial charge in [-0.3, -0.25) is 9.79 Å². The highest BCUT2D eigenvalue weighted by Crippen LogP contribution is 2.32. The summed E-state index contributed by atoms with van der Waals surface area (Å²) in [4.78, 5) is 16.5. The lowest BCUT2D eigenvalue weighted by Gasteiger charge is -2.10. The summed E-state index contributed by atoms with van der Waals surface area (Å²) >= 11 is 5.94. The van der Waals surface area contributed by atoms with Gasteiger partial charge in [0.2, 0.25) is 5.91 Å². The van der Waals surface area contributed by atoms with Gasteiger partial charge in [-0.25, -0.2) is 0 Å². The number of hydrogen-bond donors (Lipinski definition) is 2. The van der Waals surface area contributed by atoms with Gasteiger partial charge in [-0.1, -0.05) is 41.9 Å². The number of carbonyl (C=O) groups excluding carboxylic acids is 1. The van der Waals surface area contributed by atoms with Gasteiger partial charge in [-0.15, -0.1) is 5.11 Å². The van der Waals surface area contributed by atoms with E-state index in [0.29, 0.717) is 22.1 Å². The molecule has 0 bridgehead atoms. The lowest BCUT2D eigenvalue weighted by molar-refractivity contribution is -0.114. The molecule has 0 fully saturated rings. The number of rotatable bonds is 3. The van der Waals surface area contributed by atoms with Crippen molar-refractivity contribution in [3.8, 4) is 5.75 Å². The number of nitrogens with zero attached hydrogens (tertiary/aromatic N) is 3. The largest absolute Gasteiger partial charge is 0.506 e. The van der Waals surface area contributed by atoms with Crippen LogP contribution in [0.1, 0.15) is 11.1 Å². The molecular weight excluding hydrogens is 376 g/mol. The van der Waals surface area contributed by atoms with Gasteiger partial charge in [-0.05, 0) is 36.4 Å². The van der Waals surface area contributed by atoms with E-state index in [9.17, 15) is 9.90 Å². The molecule has 28 heavy (non-hydrogen) atoms. The van der Waals surface area contributed by atoms with Gasteiger partial charge >= 0.3 is 0 Å². The zero-order chi connectivity index (χ0) is 19.5. The first kappa shape index (κ1) is 17.9. The molecular formula is C21H15ClN4O2. The van der Waals surface area contributed by atoms with Crippen molar-refractivity contribution >= 4 is 40.3 Å². The quantitative estimate of drug-likeness (QED) is 0.598. The molecule has 0 spiro atoms. The summed E-state index contributed by atoms with van der Waals surface area (Å²) in [5.74, 6) is -0.188. The summed E-state index contributed by atoms with van der Waals surface area (Å²) in [6.07, 6.45) is 0. The monoisotopic (exact) mass is 390 g/mol. The molecule has 3 aromatic rings. The lowest BCUT2D eigenvalue weighted by Crippen LogP contribution is -2.13. The van der Waals surface area contributed by atoms with E-state index in [2.05, 4.69) is 20.5 Å². The topological polar surface area (TPSA) is 86.4 Å². The van der Waals surface area contributed by atoms with Crippen molar-refractivity contribution in [1.82, 2.24) is 0 Å². The van der Waals surface area contributed by atoms with Crippen molar-refractivity contribution < 1.29 is 9.90 Å². The minimum absolute atomic E-state index is 0.0123. The molecule has 0 unspecified atom stereocenters. The average molecular weight is 391 g/mol. The van der Waals surface area contributed by atoms with Crippen molar-refractivity contribution in [2.45, 2.75) is 0 Å². The van der Waals surface area contributed by atoms with Crippen molar-refractivity contribution in [1.29, 1.82) is 0 Å². The normalized spacial score (nSPS) is 13.6. The minimum Gasteiger partial charge on any atom is -0.506 e. The zero-order valence-electron chi connectivity index (χ0n) is 14.6. The van der Waals surface area contributed by atoms with E-state index in [1.165, 1.54) is 12.1 Å². The number of azo groups is 1. The Labute approximate surface area is 166 Å². The number of aliphatic imine (C=N–C) groups is 1. The van der Waals surface area contributed by atoms with Crippen LogP contribution < -0.4 is 5.32 Å². The summed E-state index contributed by atoms with van der Waals surface area (Å²) in [6.45, 7) is 0.0478. The van der Waals surface area contributed by atoms with Gasteiger partial charge in [0.15, 0.2) is 0 Å². The summed E-state index contributed by atoms with van der Waals surface area (Å²) in [5.41, 5.74) is 3.85. The molecule has 1 aliphatic heterocycles. The standard InChI is InChI=1S/C21H15ClN4O2/c22-14-6-9-19(27)18(10-14)26-25-15-7-8-17-16(11-15)21(23-12-20(28)24-17)13-4-2-1-3-5-13/h1-11,27H,12H2,(H,24,28). The predicted molar refractivity (Wildman–Crippen MR) is 109 cm³/mol. The Hall–Kier alpha value is -3.51. The second-order valence-corrected chi connectivity index (χ2v) is 6.58. The van der Waals surface area contributed by atoms with Crippen molar-refractivity contribution in [3.63, 3.8) is 0 Å². The summed E-state index contributed by atoms with van der Waals surface area (Å²) in [7, 11) is 0. The number of hydrogen-bond acceptors (Lipinski definition) is 5. The van der Waals surface area contributed by atoms with Gasteiger partial charge in [0.1, 0.15) is 18.0 Å². The van der Waals surface area contributed by atoms with Crippen molar-refractivity contribution in [2.24, 2.45) is 15.2 Å². The molecule has 0 aliphatic carbocycles. The molecule has 4 rings (SSSR count). The second kappa shape index (κ2) is 7.62. The number of aromatic hydroxyl groups is 1. The Morgan fingerprint density at radius 3 is 2.64 bits per heavy atom. The molecule has 3 aromatic carbocycles. The van der Waals surface area contributed by atoms with Crippen LogP contribution in [-0.2, 0) is 4.79 Å². The van der Waals surface area contributed by atoms with Crippen LogP contribution in [0.3, 0.4) is 0 Å². The van der Waals surface area contributed by atoms with Crippen LogP contribution in [0.15, 0.2) is 82.0 Å². The summed E-state index contributed by atoms with van der Waals surface area (Å²) < 4.78 is 0. The fraction of sp³-hybridized carbons (Fsp3) is 0.0476. The van der Waals surface area contributed by atoms with Crippen molar-refractivity contribution in [2.75, 3.05) is 11.9 Å². The Morgan fingerprint density at radius 1 is 1.00 bits per heavy atom. The molecule has 0 atom stereocenters. The van der Waals surface area contributed by atoms with Crippen LogP contribution in [0.4, 0.5) is 17.1 Å². The highest BCUT2D eigenvalue weighted by atomic mass is 35.5. The summed E-state index contributed by atoms with van der Waals surface area (Å²) in [5, 5.41) is 21.5. The molecule has 2 N–H and O–H groups in total. The number of nitrogens with one attached hydrogen (secondary N) is 1. The first-order valence-electron chi connectivity index (χ1n) is 8.54. The maximum Gasteiger partial charge on any atom is 0.246 e. The Balaban J connectivity index is 1.75. The highest BCUT2D eigenvalue weighted by Gasteiger charge is 2.18. The SMILES string of the molecule is O=C1CN=C(c2ccccc2)c2cc(N=Nc3cc(Cl)ccc3O)ccc2N1. The number of benzene rings is 3. The molecule has 7 heteroatoms. The van der Waals surface area contributed by atoms with E-state index in [1.807, 2.05) is 30.3 Å². The number of fused-ring (bicyclic) bond motifs is 1. The molecule has 0 saturated carbocycles. The predicted octanol–water partition coefficient (Wildman–Crippen LogP) is 5.25. The number of amides is 1. The van der Waals surface area contributed by atoms with E-state index < -0.39 is 0 Å². The molecule has 1 amide bonds. The number of phenolic OH excluding ortho intramolecular Hbond substituents is 1. The molecule has 138 valence electrons. The third kappa shape index (κ3) is 3.77. The number of anilines is 1. The van der Waals surface area contributed by atoms with Gasteiger partial charge < -0.3 is 10.4 Å². The van der Waals surface area contributed by atoms with E-state index >= 15 is 0 Å². The van der Waals surface area contributed by atoms with E-state index in [1.54, 1.807) is 24.3 Å². The molecule has 0 saturated heterocycles. The number of phenols is 1.